The fourth-order valence-electron chi connectivity index (χ4n) is 3.71. The summed E-state index contributed by atoms with van der Waals surface area (Å²) < 4.78 is 11.4. The number of nitrogens with one attached hydrogen (secondary N) is 2. The van der Waals surface area contributed by atoms with Gasteiger partial charge >= 0.3 is 0 Å². The predicted octanol–water partition coefficient (Wildman–Crippen LogP) is 1.93. The van der Waals surface area contributed by atoms with E-state index in [1.807, 2.05) is 12.1 Å². The zero-order chi connectivity index (χ0) is 23.2. The number of hydrogen-bond acceptors (Lipinski definition) is 9. The number of ether oxygens (including phenoxy) is 2. The first-order chi connectivity index (χ1) is 16.0. The topological polar surface area (TPSA) is 123 Å². The molecule has 2 atom stereocenters. The van der Waals surface area contributed by atoms with Crippen molar-refractivity contribution in [2.24, 2.45) is 5.92 Å². The van der Waals surface area contributed by atoms with Gasteiger partial charge in [0, 0.05) is 26.1 Å². The van der Waals surface area contributed by atoms with Gasteiger partial charge in [0.05, 0.1) is 30.6 Å². The summed E-state index contributed by atoms with van der Waals surface area (Å²) in [5, 5.41) is 13.9. The van der Waals surface area contributed by atoms with Crippen molar-refractivity contribution in [3.05, 3.63) is 24.3 Å². The maximum absolute atomic E-state index is 12.7. The molecule has 0 spiro atoms. The lowest BCUT2D eigenvalue weighted by Crippen LogP contribution is -2.32. The molecule has 2 fully saturated rings. The van der Waals surface area contributed by atoms with Crippen LogP contribution in [-0.2, 0) is 19.1 Å². The molecule has 3 amide bonds. The summed E-state index contributed by atoms with van der Waals surface area (Å²) in [5.74, 6) is -0.245. The van der Waals surface area contributed by atoms with Crippen molar-refractivity contribution in [1.29, 1.82) is 0 Å². The van der Waals surface area contributed by atoms with Crippen LogP contribution in [0.3, 0.4) is 0 Å². The Bertz CT molecular complexity index is 1010. The Hall–Kier alpha value is -2.70. The van der Waals surface area contributed by atoms with Gasteiger partial charge in [0.15, 0.2) is 4.34 Å². The fraction of sp³-hybridized carbons (Fsp3) is 0.476. The van der Waals surface area contributed by atoms with E-state index >= 15 is 0 Å². The summed E-state index contributed by atoms with van der Waals surface area (Å²) in [7, 11) is 1.54. The van der Waals surface area contributed by atoms with Crippen LogP contribution in [-0.4, -0.2) is 66.6 Å². The van der Waals surface area contributed by atoms with Crippen molar-refractivity contribution < 1.29 is 23.9 Å². The van der Waals surface area contributed by atoms with Crippen molar-refractivity contribution in [2.75, 3.05) is 42.8 Å². The SMILES string of the molecule is COc1ccccc1N1C[C@@H](C(=O)Nc2nnc(SCC(=O)NC[C@@H]3CCCO3)s2)CC1=O. The Morgan fingerprint density at radius 3 is 2.97 bits per heavy atom. The molecule has 1 aromatic carbocycles. The number of carbonyl (C=O) groups excluding carboxylic acids is 3. The van der Waals surface area contributed by atoms with Crippen LogP contribution in [0.5, 0.6) is 5.75 Å². The second kappa shape index (κ2) is 10.9. The summed E-state index contributed by atoms with van der Waals surface area (Å²) in [4.78, 5) is 38.8. The van der Waals surface area contributed by atoms with Crippen LogP contribution in [0, 0.1) is 5.92 Å². The summed E-state index contributed by atoms with van der Waals surface area (Å²) in [6, 6.07) is 7.22. The second-order valence-electron chi connectivity index (χ2n) is 7.67. The first-order valence-corrected chi connectivity index (χ1v) is 12.4. The summed E-state index contributed by atoms with van der Waals surface area (Å²) in [5.41, 5.74) is 0.646. The Labute approximate surface area is 199 Å². The maximum Gasteiger partial charge on any atom is 0.231 e. The lowest BCUT2D eigenvalue weighted by atomic mass is 10.1. The number of methoxy groups -OCH3 is 1. The van der Waals surface area contributed by atoms with Crippen LogP contribution in [0.15, 0.2) is 28.6 Å². The molecule has 0 saturated carbocycles. The van der Waals surface area contributed by atoms with E-state index in [-0.39, 0.29) is 42.5 Å². The zero-order valence-electron chi connectivity index (χ0n) is 18.1. The average Bonchev–Trinajstić information content (AvgIpc) is 3.58. The third-order valence-corrected chi connectivity index (χ3v) is 7.36. The van der Waals surface area contributed by atoms with Crippen LogP contribution >= 0.6 is 23.1 Å². The Kier molecular flexibility index (Phi) is 7.78. The Balaban J connectivity index is 1.25. The highest BCUT2D eigenvalue weighted by Gasteiger charge is 2.36. The minimum atomic E-state index is -0.508. The van der Waals surface area contributed by atoms with E-state index < -0.39 is 5.92 Å². The summed E-state index contributed by atoms with van der Waals surface area (Å²) >= 11 is 2.45. The molecule has 3 heterocycles. The van der Waals surface area contributed by atoms with Crippen LogP contribution in [0.25, 0.3) is 0 Å². The number of nitrogens with zero attached hydrogens (tertiary/aromatic N) is 3. The third kappa shape index (κ3) is 6.01. The van der Waals surface area contributed by atoms with E-state index in [0.717, 1.165) is 19.4 Å². The number of hydrogen-bond donors (Lipinski definition) is 2. The van der Waals surface area contributed by atoms with Gasteiger partial charge in [0.2, 0.25) is 22.9 Å². The zero-order valence-corrected chi connectivity index (χ0v) is 19.7. The molecule has 10 nitrogen and oxygen atoms in total. The van der Waals surface area contributed by atoms with Gasteiger partial charge in [-0.25, -0.2) is 0 Å². The lowest BCUT2D eigenvalue weighted by molar-refractivity contribution is -0.122. The van der Waals surface area contributed by atoms with Crippen molar-refractivity contribution in [2.45, 2.75) is 29.7 Å². The number of thioether (sulfide) groups is 1. The number of para-hydroxylation sites is 2. The molecular weight excluding hydrogens is 466 g/mol. The van der Waals surface area contributed by atoms with E-state index in [4.69, 9.17) is 9.47 Å². The molecule has 12 heteroatoms. The third-order valence-electron chi connectivity index (χ3n) is 5.39. The standard InChI is InChI=1S/C21H25N5O5S2/c1-30-16-7-3-2-6-15(16)26-11-13(9-18(26)28)19(29)23-20-24-25-21(33-20)32-12-17(27)22-10-14-5-4-8-31-14/h2-3,6-7,13-14H,4-5,8-12H2,1H3,(H,22,27)(H,23,24,29)/t13-,14-/m0/s1. The number of rotatable bonds is 9. The van der Waals surface area contributed by atoms with Crippen LogP contribution in [0.1, 0.15) is 19.3 Å². The van der Waals surface area contributed by atoms with E-state index in [9.17, 15) is 14.4 Å². The highest BCUT2D eigenvalue weighted by Crippen LogP contribution is 2.33. The van der Waals surface area contributed by atoms with Gasteiger partial charge in [-0.15, -0.1) is 10.2 Å². The van der Waals surface area contributed by atoms with Crippen molar-refractivity contribution in [3.8, 4) is 5.75 Å². The highest BCUT2D eigenvalue weighted by atomic mass is 32.2. The average molecular weight is 492 g/mol. The molecule has 2 N–H and O–H groups in total. The maximum atomic E-state index is 12.7. The van der Waals surface area contributed by atoms with E-state index in [1.54, 1.807) is 24.1 Å². The van der Waals surface area contributed by atoms with Gasteiger partial charge in [-0.2, -0.15) is 0 Å². The normalized spacial score (nSPS) is 20.2. The van der Waals surface area contributed by atoms with Gasteiger partial charge in [-0.3, -0.25) is 14.4 Å². The molecule has 33 heavy (non-hydrogen) atoms. The van der Waals surface area contributed by atoms with Crippen molar-refractivity contribution in [3.63, 3.8) is 0 Å². The summed E-state index contributed by atoms with van der Waals surface area (Å²) in [6.45, 7) is 1.53. The van der Waals surface area contributed by atoms with Crippen LogP contribution < -0.4 is 20.3 Å². The molecule has 0 bridgehead atoms. The molecule has 2 aliphatic rings. The molecule has 1 aromatic heterocycles. The van der Waals surface area contributed by atoms with Gasteiger partial charge < -0.3 is 25.0 Å². The smallest absolute Gasteiger partial charge is 0.231 e. The first kappa shape index (κ1) is 23.5. The molecule has 0 unspecified atom stereocenters. The predicted molar refractivity (Wildman–Crippen MR) is 125 cm³/mol. The lowest BCUT2D eigenvalue weighted by Gasteiger charge is -2.19. The molecule has 2 aromatic rings. The minimum Gasteiger partial charge on any atom is -0.495 e. The minimum absolute atomic E-state index is 0.0998. The first-order valence-electron chi connectivity index (χ1n) is 10.6. The van der Waals surface area contributed by atoms with E-state index in [1.165, 1.54) is 23.1 Å². The highest BCUT2D eigenvalue weighted by molar-refractivity contribution is 8.01. The number of benzene rings is 1. The largest absolute Gasteiger partial charge is 0.495 e. The molecule has 0 aliphatic carbocycles. The molecule has 4 rings (SSSR count). The second-order valence-corrected chi connectivity index (χ2v) is 9.87. The summed E-state index contributed by atoms with van der Waals surface area (Å²) in [6.07, 6.45) is 2.21. The fourth-order valence-corrected chi connectivity index (χ4v) is 5.29. The number of carbonyl (C=O) groups is 3. The van der Waals surface area contributed by atoms with Crippen molar-refractivity contribution >= 4 is 51.6 Å². The van der Waals surface area contributed by atoms with E-state index in [0.29, 0.717) is 27.5 Å². The Morgan fingerprint density at radius 1 is 1.33 bits per heavy atom. The molecule has 2 aliphatic heterocycles. The van der Waals surface area contributed by atoms with Crippen LogP contribution in [0.4, 0.5) is 10.8 Å². The van der Waals surface area contributed by atoms with Gasteiger partial charge in [0.1, 0.15) is 5.75 Å². The number of aromatic nitrogens is 2. The number of amides is 3. The van der Waals surface area contributed by atoms with Gasteiger partial charge in [0.25, 0.3) is 0 Å². The van der Waals surface area contributed by atoms with Crippen molar-refractivity contribution in [1.82, 2.24) is 15.5 Å². The molecule has 176 valence electrons. The van der Waals surface area contributed by atoms with Crippen LogP contribution in [0.2, 0.25) is 0 Å². The van der Waals surface area contributed by atoms with Gasteiger partial charge in [-0.05, 0) is 25.0 Å². The van der Waals surface area contributed by atoms with E-state index in [2.05, 4.69) is 20.8 Å². The molecule has 0 radical (unpaired) electrons. The quantitative estimate of drug-likeness (QED) is 0.403. The molecular formula is C21H25N5O5S2. The Morgan fingerprint density at radius 2 is 2.18 bits per heavy atom. The number of anilines is 2. The van der Waals surface area contributed by atoms with Gasteiger partial charge in [-0.1, -0.05) is 35.2 Å². The monoisotopic (exact) mass is 491 g/mol. The molecule has 2 saturated heterocycles.